The molecule has 0 aliphatic heterocycles. The van der Waals surface area contributed by atoms with Crippen molar-refractivity contribution in [2.75, 3.05) is 0 Å². The number of hydrogen-bond donors (Lipinski definition) is 1. The van der Waals surface area contributed by atoms with Gasteiger partial charge in [0.05, 0.1) is 4.88 Å². The van der Waals surface area contributed by atoms with Crippen LogP contribution in [-0.2, 0) is 5.60 Å². The van der Waals surface area contributed by atoms with E-state index in [1.165, 1.54) is 48.3 Å². The summed E-state index contributed by atoms with van der Waals surface area (Å²) < 4.78 is 7.34. The third-order valence-corrected chi connectivity index (χ3v) is 10.3. The summed E-state index contributed by atoms with van der Waals surface area (Å²) in [7, 11) is 0. The number of ether oxygens (including phenoxy) is 1. The zero-order valence-electron chi connectivity index (χ0n) is 24.6. The maximum Gasteiger partial charge on any atom is 0.147 e. The van der Waals surface area contributed by atoms with E-state index in [2.05, 4.69) is 127 Å². The molecule has 0 unspecified atom stereocenters. The lowest BCUT2D eigenvalue weighted by Gasteiger charge is -2.55. The minimum absolute atomic E-state index is 0.0246. The molecule has 35 heavy (non-hydrogen) atoms. The molecule has 2 aromatic carbocycles. The molecular weight excluding hydrogens is 446 g/mol. The molecule has 1 N–H and O–H groups in total. The van der Waals surface area contributed by atoms with Crippen molar-refractivity contribution in [3.63, 3.8) is 0 Å². The zero-order chi connectivity index (χ0) is 26.7. The summed E-state index contributed by atoms with van der Waals surface area (Å²) in [6.07, 6.45) is 0. The van der Waals surface area contributed by atoms with E-state index in [0.29, 0.717) is 0 Å². The van der Waals surface area contributed by atoms with Gasteiger partial charge >= 0.3 is 0 Å². The maximum atomic E-state index is 7.34. The first-order valence-electron chi connectivity index (χ1n) is 12.9. The molecule has 0 saturated heterocycles. The molecule has 0 amide bonds. The van der Waals surface area contributed by atoms with Crippen molar-refractivity contribution in [3.05, 3.63) is 61.8 Å². The van der Waals surface area contributed by atoms with Gasteiger partial charge in [-0.1, -0.05) is 32.0 Å². The molecule has 1 aromatic heterocycles. The van der Waals surface area contributed by atoms with Gasteiger partial charge in [-0.05, 0) is 122 Å². The first kappa shape index (κ1) is 27.7. The van der Waals surface area contributed by atoms with Crippen LogP contribution in [0.4, 0.5) is 0 Å². The molecule has 0 bridgehead atoms. The van der Waals surface area contributed by atoms with Crippen molar-refractivity contribution >= 4 is 22.1 Å². The van der Waals surface area contributed by atoms with E-state index in [1.807, 2.05) is 11.3 Å². The average Bonchev–Trinajstić information content (AvgIpc) is 2.98. The summed E-state index contributed by atoms with van der Waals surface area (Å²) in [5, 5.41) is 6.43. The van der Waals surface area contributed by atoms with E-state index in [4.69, 9.17) is 4.74 Å². The molecule has 2 nitrogen and oxygen atoms in total. The predicted octanol–water partition coefficient (Wildman–Crippen LogP) is 9.24. The quantitative estimate of drug-likeness (QED) is 0.369. The molecular formula is C32H47NOS. The van der Waals surface area contributed by atoms with Crippen LogP contribution in [0.3, 0.4) is 0 Å². The van der Waals surface area contributed by atoms with Gasteiger partial charge in [0.25, 0.3) is 0 Å². The fraction of sp³-hybridized carbons (Fsp3) is 0.562. The SMILES string of the molecule is Cc1ccc2c(O[C@](C)(c3sc(C)c(C)c3C)C(C)(C)C(C)(C)NC(C)(C)C)ccc(C)c2c1C. The number of thiophene rings is 1. The third kappa shape index (κ3) is 4.67. The van der Waals surface area contributed by atoms with Crippen LogP contribution in [0.25, 0.3) is 10.8 Å². The standard InChI is InChI=1S/C32H47NOS/c1-19-15-17-25-26(18-16-20(2)27(25)21(19)3)34-32(14,28-23(5)22(4)24(6)35-28)30(10,11)31(12,13)33-29(7,8)9/h15-18,33H,1-14H3/t32-/m1/s1. The van der Waals surface area contributed by atoms with Crippen LogP contribution >= 0.6 is 11.3 Å². The molecule has 0 aliphatic carbocycles. The zero-order valence-corrected chi connectivity index (χ0v) is 25.4. The second-order valence-electron chi connectivity index (χ2n) is 12.8. The summed E-state index contributed by atoms with van der Waals surface area (Å²) in [4.78, 5) is 2.68. The van der Waals surface area contributed by atoms with Gasteiger partial charge in [-0.3, -0.25) is 0 Å². The van der Waals surface area contributed by atoms with Gasteiger partial charge < -0.3 is 10.1 Å². The van der Waals surface area contributed by atoms with E-state index in [-0.39, 0.29) is 16.5 Å². The topological polar surface area (TPSA) is 21.3 Å². The van der Waals surface area contributed by atoms with E-state index in [9.17, 15) is 0 Å². The highest BCUT2D eigenvalue weighted by molar-refractivity contribution is 7.12. The Morgan fingerprint density at radius 3 is 1.77 bits per heavy atom. The number of fused-ring (bicyclic) bond motifs is 1. The Balaban J connectivity index is 2.32. The van der Waals surface area contributed by atoms with Crippen molar-refractivity contribution in [3.8, 4) is 5.75 Å². The lowest BCUT2D eigenvalue weighted by molar-refractivity contribution is -0.0827. The molecule has 0 spiro atoms. The molecule has 1 atom stereocenters. The van der Waals surface area contributed by atoms with Gasteiger partial charge in [0.1, 0.15) is 11.4 Å². The minimum Gasteiger partial charge on any atom is -0.481 e. The first-order chi connectivity index (χ1) is 15.8. The van der Waals surface area contributed by atoms with Gasteiger partial charge in [-0.15, -0.1) is 11.3 Å². The summed E-state index contributed by atoms with van der Waals surface area (Å²) in [6.45, 7) is 31.8. The summed E-state index contributed by atoms with van der Waals surface area (Å²) in [5.74, 6) is 0.957. The Morgan fingerprint density at radius 2 is 1.26 bits per heavy atom. The molecule has 0 saturated carbocycles. The highest BCUT2D eigenvalue weighted by Gasteiger charge is 2.56. The normalized spacial score (nSPS) is 14.9. The second kappa shape index (κ2) is 8.92. The van der Waals surface area contributed by atoms with Crippen LogP contribution in [0.5, 0.6) is 5.75 Å². The van der Waals surface area contributed by atoms with E-state index in [1.54, 1.807) is 0 Å². The molecule has 192 valence electrons. The van der Waals surface area contributed by atoms with Crippen molar-refractivity contribution in [2.24, 2.45) is 5.41 Å². The monoisotopic (exact) mass is 493 g/mol. The molecule has 3 heteroatoms. The Kier molecular flexibility index (Phi) is 7.07. The predicted molar refractivity (Wildman–Crippen MR) is 155 cm³/mol. The van der Waals surface area contributed by atoms with Crippen LogP contribution in [0.1, 0.15) is 93.0 Å². The maximum absolute atomic E-state index is 7.34. The first-order valence-corrected chi connectivity index (χ1v) is 13.7. The number of hydrogen-bond acceptors (Lipinski definition) is 3. The second-order valence-corrected chi connectivity index (χ2v) is 14.0. The van der Waals surface area contributed by atoms with Crippen LogP contribution in [0, 0.1) is 47.0 Å². The third-order valence-electron chi connectivity index (χ3n) is 8.76. The van der Waals surface area contributed by atoms with E-state index >= 15 is 0 Å². The van der Waals surface area contributed by atoms with Crippen molar-refractivity contribution in [2.45, 2.75) is 114 Å². The van der Waals surface area contributed by atoms with Gasteiger partial charge in [-0.25, -0.2) is 0 Å². The molecule has 0 fully saturated rings. The van der Waals surface area contributed by atoms with E-state index < -0.39 is 5.60 Å². The van der Waals surface area contributed by atoms with Gasteiger partial charge in [0.2, 0.25) is 0 Å². The van der Waals surface area contributed by atoms with Crippen LogP contribution in [0.2, 0.25) is 0 Å². The Bertz CT molecular complexity index is 1260. The highest BCUT2D eigenvalue weighted by atomic mass is 32.1. The van der Waals surface area contributed by atoms with Gasteiger partial charge in [0.15, 0.2) is 0 Å². The summed E-state index contributed by atoms with van der Waals surface area (Å²) >= 11 is 1.89. The Hall–Kier alpha value is -1.84. The fourth-order valence-electron chi connectivity index (χ4n) is 5.56. The van der Waals surface area contributed by atoms with E-state index in [0.717, 1.165) is 5.75 Å². The van der Waals surface area contributed by atoms with Crippen molar-refractivity contribution < 1.29 is 4.74 Å². The molecule has 0 radical (unpaired) electrons. The number of nitrogens with one attached hydrogen (secondary N) is 1. The van der Waals surface area contributed by atoms with Crippen molar-refractivity contribution in [1.29, 1.82) is 0 Å². The number of rotatable bonds is 6. The number of aryl methyl sites for hydroxylation is 4. The molecule has 3 rings (SSSR count). The summed E-state index contributed by atoms with van der Waals surface area (Å²) in [5.41, 5.74) is 5.59. The van der Waals surface area contributed by atoms with Crippen LogP contribution in [0.15, 0.2) is 24.3 Å². The van der Waals surface area contributed by atoms with Crippen LogP contribution < -0.4 is 10.1 Å². The summed E-state index contributed by atoms with van der Waals surface area (Å²) in [6, 6.07) is 8.85. The number of benzene rings is 2. The Morgan fingerprint density at radius 1 is 0.686 bits per heavy atom. The van der Waals surface area contributed by atoms with Gasteiger partial charge in [-0.2, -0.15) is 0 Å². The molecule has 1 heterocycles. The lowest BCUT2D eigenvalue weighted by Crippen LogP contribution is -2.65. The Labute approximate surface area is 218 Å². The smallest absolute Gasteiger partial charge is 0.147 e. The largest absolute Gasteiger partial charge is 0.481 e. The lowest BCUT2D eigenvalue weighted by atomic mass is 9.62. The highest BCUT2D eigenvalue weighted by Crippen LogP contribution is 2.54. The van der Waals surface area contributed by atoms with Crippen LogP contribution in [-0.4, -0.2) is 11.1 Å². The van der Waals surface area contributed by atoms with Gasteiger partial charge in [0, 0.05) is 26.8 Å². The fourth-order valence-corrected chi connectivity index (χ4v) is 6.97. The molecule has 0 aliphatic rings. The molecule has 3 aromatic rings. The van der Waals surface area contributed by atoms with Crippen molar-refractivity contribution in [1.82, 2.24) is 5.32 Å². The average molecular weight is 494 g/mol. The minimum atomic E-state index is -0.566.